The van der Waals surface area contributed by atoms with Crippen molar-refractivity contribution in [3.63, 3.8) is 0 Å². The molecule has 0 amide bonds. The number of aliphatic hydroxyl groups is 1. The molecule has 1 aliphatic rings. The predicted octanol–water partition coefficient (Wildman–Crippen LogP) is 3.20. The first kappa shape index (κ1) is 12.6. The van der Waals surface area contributed by atoms with Crippen LogP contribution in [0.2, 0.25) is 0 Å². The van der Waals surface area contributed by atoms with Gasteiger partial charge in [0.15, 0.2) is 0 Å². The van der Waals surface area contributed by atoms with Crippen LogP contribution < -0.4 is 0 Å². The molecule has 1 heterocycles. The highest BCUT2D eigenvalue weighted by Gasteiger charge is 2.26. The van der Waals surface area contributed by atoms with Crippen LogP contribution in [0.25, 0.3) is 0 Å². The number of hydrogen-bond acceptors (Lipinski definition) is 2. The molecule has 0 aromatic carbocycles. The SMILES string of the molecule is CCC1CCCC(C(O)Cc2ccccn2)C1. The average Bonchev–Trinajstić information content (AvgIpc) is 2.40. The molecule has 1 saturated carbocycles. The van der Waals surface area contributed by atoms with E-state index < -0.39 is 0 Å². The Labute approximate surface area is 104 Å². The molecule has 1 fully saturated rings. The number of aromatic nitrogens is 1. The molecule has 0 aliphatic heterocycles. The van der Waals surface area contributed by atoms with Gasteiger partial charge in [0.1, 0.15) is 0 Å². The summed E-state index contributed by atoms with van der Waals surface area (Å²) in [5.41, 5.74) is 1.01. The molecular formula is C15H23NO. The Bertz CT molecular complexity index is 325. The Hall–Kier alpha value is -0.890. The van der Waals surface area contributed by atoms with Crippen molar-refractivity contribution < 1.29 is 5.11 Å². The van der Waals surface area contributed by atoms with E-state index in [2.05, 4.69) is 11.9 Å². The fraction of sp³-hybridized carbons (Fsp3) is 0.667. The van der Waals surface area contributed by atoms with Crippen molar-refractivity contribution >= 4 is 0 Å². The van der Waals surface area contributed by atoms with Crippen molar-refractivity contribution in [3.05, 3.63) is 30.1 Å². The minimum Gasteiger partial charge on any atom is -0.392 e. The zero-order chi connectivity index (χ0) is 12.1. The van der Waals surface area contributed by atoms with E-state index in [0.29, 0.717) is 12.3 Å². The Morgan fingerprint density at radius 2 is 2.29 bits per heavy atom. The number of pyridine rings is 1. The molecule has 1 aromatic heterocycles. The third kappa shape index (κ3) is 3.53. The fourth-order valence-corrected chi connectivity index (χ4v) is 2.95. The first-order valence-corrected chi connectivity index (χ1v) is 6.87. The lowest BCUT2D eigenvalue weighted by molar-refractivity contribution is 0.0678. The van der Waals surface area contributed by atoms with Crippen LogP contribution >= 0.6 is 0 Å². The lowest BCUT2D eigenvalue weighted by Crippen LogP contribution is -2.28. The Balaban J connectivity index is 1.89. The van der Waals surface area contributed by atoms with Gasteiger partial charge in [-0.05, 0) is 36.8 Å². The Morgan fingerprint density at radius 1 is 1.41 bits per heavy atom. The highest BCUT2D eigenvalue weighted by Crippen LogP contribution is 2.33. The van der Waals surface area contributed by atoms with Gasteiger partial charge in [-0.3, -0.25) is 4.98 Å². The summed E-state index contributed by atoms with van der Waals surface area (Å²) in [4.78, 5) is 4.29. The van der Waals surface area contributed by atoms with Crippen LogP contribution in [0.4, 0.5) is 0 Å². The van der Waals surface area contributed by atoms with E-state index in [9.17, 15) is 5.11 Å². The van der Waals surface area contributed by atoms with E-state index in [1.807, 2.05) is 18.2 Å². The summed E-state index contributed by atoms with van der Waals surface area (Å²) in [6.45, 7) is 2.26. The number of hydrogen-bond donors (Lipinski definition) is 1. The van der Waals surface area contributed by atoms with Crippen LogP contribution in [0.3, 0.4) is 0 Å². The summed E-state index contributed by atoms with van der Waals surface area (Å²) in [6.07, 6.45) is 8.58. The van der Waals surface area contributed by atoms with E-state index >= 15 is 0 Å². The average molecular weight is 233 g/mol. The monoisotopic (exact) mass is 233 g/mol. The van der Waals surface area contributed by atoms with Crippen molar-refractivity contribution in [2.45, 2.75) is 51.6 Å². The van der Waals surface area contributed by atoms with Gasteiger partial charge < -0.3 is 5.11 Å². The molecule has 1 aliphatic carbocycles. The zero-order valence-corrected chi connectivity index (χ0v) is 10.7. The topological polar surface area (TPSA) is 33.1 Å². The van der Waals surface area contributed by atoms with Gasteiger partial charge in [0.25, 0.3) is 0 Å². The maximum Gasteiger partial charge on any atom is 0.0623 e. The third-order valence-electron chi connectivity index (χ3n) is 4.09. The quantitative estimate of drug-likeness (QED) is 0.866. The second kappa shape index (κ2) is 6.15. The number of aliphatic hydroxyl groups excluding tert-OH is 1. The second-order valence-corrected chi connectivity index (χ2v) is 5.29. The zero-order valence-electron chi connectivity index (χ0n) is 10.7. The van der Waals surface area contributed by atoms with Gasteiger partial charge >= 0.3 is 0 Å². The highest BCUT2D eigenvalue weighted by molar-refractivity contribution is 5.05. The number of rotatable bonds is 4. The van der Waals surface area contributed by atoms with Crippen LogP contribution in [-0.2, 0) is 6.42 Å². The molecule has 2 nitrogen and oxygen atoms in total. The normalized spacial score (nSPS) is 26.7. The Morgan fingerprint density at radius 3 is 3.00 bits per heavy atom. The molecule has 0 saturated heterocycles. The molecule has 1 N–H and O–H groups in total. The molecule has 2 rings (SSSR count). The van der Waals surface area contributed by atoms with Gasteiger partial charge in [-0.25, -0.2) is 0 Å². The Kier molecular flexibility index (Phi) is 4.55. The van der Waals surface area contributed by atoms with Crippen LogP contribution in [0, 0.1) is 11.8 Å². The molecule has 0 bridgehead atoms. The first-order chi connectivity index (χ1) is 8.29. The summed E-state index contributed by atoms with van der Waals surface area (Å²) >= 11 is 0. The summed E-state index contributed by atoms with van der Waals surface area (Å²) in [5.74, 6) is 1.31. The van der Waals surface area contributed by atoms with Crippen LogP contribution in [0.15, 0.2) is 24.4 Å². The largest absolute Gasteiger partial charge is 0.392 e. The molecular weight excluding hydrogens is 210 g/mol. The molecule has 17 heavy (non-hydrogen) atoms. The molecule has 3 unspecified atom stereocenters. The highest BCUT2D eigenvalue weighted by atomic mass is 16.3. The summed E-state index contributed by atoms with van der Waals surface area (Å²) in [5, 5.41) is 10.3. The predicted molar refractivity (Wildman–Crippen MR) is 69.7 cm³/mol. The second-order valence-electron chi connectivity index (χ2n) is 5.29. The molecule has 0 radical (unpaired) electrons. The molecule has 94 valence electrons. The minimum absolute atomic E-state index is 0.209. The summed E-state index contributed by atoms with van der Waals surface area (Å²) < 4.78 is 0. The molecule has 3 atom stereocenters. The van der Waals surface area contributed by atoms with E-state index in [0.717, 1.165) is 11.6 Å². The fourth-order valence-electron chi connectivity index (χ4n) is 2.95. The van der Waals surface area contributed by atoms with Gasteiger partial charge in [0.05, 0.1) is 6.10 Å². The van der Waals surface area contributed by atoms with E-state index in [-0.39, 0.29) is 6.10 Å². The van der Waals surface area contributed by atoms with Crippen LogP contribution in [0.1, 0.15) is 44.7 Å². The summed E-state index contributed by atoms with van der Waals surface area (Å²) in [7, 11) is 0. The minimum atomic E-state index is -0.209. The maximum absolute atomic E-state index is 10.3. The maximum atomic E-state index is 10.3. The molecule has 1 aromatic rings. The van der Waals surface area contributed by atoms with Crippen molar-refractivity contribution in [1.29, 1.82) is 0 Å². The van der Waals surface area contributed by atoms with E-state index in [1.54, 1.807) is 6.20 Å². The standard InChI is InChI=1S/C15H23NO/c1-2-12-6-5-7-13(10-12)15(17)11-14-8-3-4-9-16-14/h3-4,8-9,12-13,15,17H,2,5-7,10-11H2,1H3. The van der Waals surface area contributed by atoms with Crippen LogP contribution in [0.5, 0.6) is 0 Å². The molecule has 2 heteroatoms. The van der Waals surface area contributed by atoms with Gasteiger partial charge in [-0.2, -0.15) is 0 Å². The van der Waals surface area contributed by atoms with E-state index in [1.165, 1.54) is 32.1 Å². The smallest absolute Gasteiger partial charge is 0.0623 e. The lowest BCUT2D eigenvalue weighted by atomic mass is 9.77. The van der Waals surface area contributed by atoms with Crippen molar-refractivity contribution in [2.75, 3.05) is 0 Å². The van der Waals surface area contributed by atoms with E-state index in [4.69, 9.17) is 0 Å². The molecule has 0 spiro atoms. The van der Waals surface area contributed by atoms with Gasteiger partial charge in [-0.15, -0.1) is 0 Å². The van der Waals surface area contributed by atoms with Crippen LogP contribution in [-0.4, -0.2) is 16.2 Å². The number of nitrogens with zero attached hydrogens (tertiary/aromatic N) is 1. The van der Waals surface area contributed by atoms with Gasteiger partial charge in [-0.1, -0.05) is 32.3 Å². The third-order valence-corrected chi connectivity index (χ3v) is 4.09. The van der Waals surface area contributed by atoms with Crippen molar-refractivity contribution in [2.24, 2.45) is 11.8 Å². The van der Waals surface area contributed by atoms with Gasteiger partial charge in [0, 0.05) is 18.3 Å². The van der Waals surface area contributed by atoms with Crippen molar-refractivity contribution in [3.8, 4) is 0 Å². The van der Waals surface area contributed by atoms with Crippen molar-refractivity contribution in [1.82, 2.24) is 4.98 Å². The lowest BCUT2D eigenvalue weighted by Gasteiger charge is -2.31. The van der Waals surface area contributed by atoms with Gasteiger partial charge in [0.2, 0.25) is 0 Å². The summed E-state index contributed by atoms with van der Waals surface area (Å²) in [6, 6.07) is 5.91. The first-order valence-electron chi connectivity index (χ1n) is 6.87.